The molecule has 2 nitrogen and oxygen atoms in total. The summed E-state index contributed by atoms with van der Waals surface area (Å²) >= 11 is 0. The number of aryl methyl sites for hydroxylation is 2. The Balaban J connectivity index is 0.00000169. The summed E-state index contributed by atoms with van der Waals surface area (Å²) in [5, 5.41) is 9.75. The van der Waals surface area contributed by atoms with E-state index < -0.39 is 6.10 Å². The van der Waals surface area contributed by atoms with E-state index >= 15 is 0 Å². The van der Waals surface area contributed by atoms with Gasteiger partial charge in [0.15, 0.2) is 0 Å². The summed E-state index contributed by atoms with van der Waals surface area (Å²) in [6.45, 7) is 6.04. The summed E-state index contributed by atoms with van der Waals surface area (Å²) in [7, 11) is 0. The van der Waals surface area contributed by atoms with Crippen LogP contribution >= 0.6 is 0 Å². The number of hydrogen-bond acceptors (Lipinski definition) is 1. The molecule has 0 aliphatic carbocycles. The predicted octanol–water partition coefficient (Wildman–Crippen LogP) is -2.03. The van der Waals surface area contributed by atoms with Crippen molar-refractivity contribution in [2.24, 2.45) is 0 Å². The van der Waals surface area contributed by atoms with Crippen molar-refractivity contribution in [3.8, 4) is 0 Å². The van der Waals surface area contributed by atoms with Crippen LogP contribution in [0.3, 0.4) is 0 Å². The normalized spacial score (nSPS) is 14.4. The van der Waals surface area contributed by atoms with Crippen LogP contribution in [-0.2, 0) is 0 Å². The molecule has 1 aromatic carbocycles. The van der Waals surface area contributed by atoms with E-state index in [1.807, 2.05) is 25.1 Å². The van der Waals surface area contributed by atoms with E-state index in [2.05, 4.69) is 19.6 Å². The third-order valence-corrected chi connectivity index (χ3v) is 2.41. The summed E-state index contributed by atoms with van der Waals surface area (Å²) in [5.74, 6) is 0. The van der Waals surface area contributed by atoms with Crippen LogP contribution in [0.2, 0.25) is 0 Å². The predicted molar refractivity (Wildman–Crippen MR) is 53.2 cm³/mol. The molecule has 3 heteroatoms. The van der Waals surface area contributed by atoms with Gasteiger partial charge in [0, 0.05) is 0 Å². The molecule has 2 unspecified atom stereocenters. The molecular weight excluding hydrogens is 198 g/mol. The molecule has 0 amide bonds. The van der Waals surface area contributed by atoms with Gasteiger partial charge in [-0.2, -0.15) is 0 Å². The molecule has 4 N–H and O–H groups in total. The number of hydrogen-bond donors (Lipinski definition) is 2. The Morgan fingerprint density at radius 2 is 1.79 bits per heavy atom. The first kappa shape index (κ1) is 13.4. The van der Waals surface area contributed by atoms with Crippen LogP contribution in [0.25, 0.3) is 0 Å². The van der Waals surface area contributed by atoms with Crippen LogP contribution in [0.15, 0.2) is 18.2 Å². The average molecular weight is 216 g/mol. The molecule has 14 heavy (non-hydrogen) atoms. The Hall–Kier alpha value is -0.570. The van der Waals surface area contributed by atoms with Crippen LogP contribution in [-0.4, -0.2) is 11.1 Å². The van der Waals surface area contributed by atoms with E-state index in [1.165, 1.54) is 11.1 Å². The third-order valence-electron chi connectivity index (χ3n) is 2.41. The highest BCUT2D eigenvalue weighted by Gasteiger charge is 2.15. The first-order valence-electron chi connectivity index (χ1n) is 4.60. The standard InChI is InChI=1S/C11H17NO.ClH/c1-7-4-5-10(6-8(7)2)11(13)9(3)12;/h4-6,9,11,13H,12H2,1-3H3;1H. The smallest absolute Gasteiger partial charge is 0.130 e. The van der Waals surface area contributed by atoms with E-state index in [9.17, 15) is 5.11 Å². The Morgan fingerprint density at radius 3 is 2.21 bits per heavy atom. The highest BCUT2D eigenvalue weighted by atomic mass is 35.5. The van der Waals surface area contributed by atoms with Crippen molar-refractivity contribution in [3.05, 3.63) is 34.9 Å². The second-order valence-corrected chi connectivity index (χ2v) is 3.77. The minimum Gasteiger partial charge on any atom is -1.00 e. The molecule has 0 spiro atoms. The lowest BCUT2D eigenvalue weighted by Crippen LogP contribution is -3.00. The lowest BCUT2D eigenvalue weighted by Gasteiger charge is -2.13. The monoisotopic (exact) mass is 215 g/mol. The molecule has 0 aliphatic rings. The van der Waals surface area contributed by atoms with Gasteiger partial charge >= 0.3 is 0 Å². The van der Waals surface area contributed by atoms with E-state index in [0.29, 0.717) is 0 Å². The Kier molecular flexibility index (Phi) is 5.13. The fraction of sp³-hybridized carbons (Fsp3) is 0.455. The van der Waals surface area contributed by atoms with Gasteiger partial charge in [-0.1, -0.05) is 18.2 Å². The highest BCUT2D eigenvalue weighted by molar-refractivity contribution is 5.31. The van der Waals surface area contributed by atoms with Crippen LogP contribution in [0, 0.1) is 13.8 Å². The molecule has 0 aliphatic heterocycles. The van der Waals surface area contributed by atoms with Gasteiger partial charge in [-0.15, -0.1) is 0 Å². The van der Waals surface area contributed by atoms with Crippen molar-refractivity contribution in [3.63, 3.8) is 0 Å². The Bertz CT molecular complexity index is 299. The summed E-state index contributed by atoms with van der Waals surface area (Å²) in [6, 6.07) is 6.06. The second-order valence-electron chi connectivity index (χ2n) is 3.77. The molecular formula is C11H18ClNO. The van der Waals surface area contributed by atoms with Crippen LogP contribution in [0.1, 0.15) is 29.7 Å². The van der Waals surface area contributed by atoms with E-state index in [4.69, 9.17) is 0 Å². The van der Waals surface area contributed by atoms with Gasteiger partial charge < -0.3 is 23.2 Å². The molecule has 0 radical (unpaired) electrons. The van der Waals surface area contributed by atoms with Crippen molar-refractivity contribution in [1.82, 2.24) is 0 Å². The number of quaternary nitrogens is 1. The molecule has 1 rings (SSSR count). The summed E-state index contributed by atoms with van der Waals surface area (Å²) in [4.78, 5) is 0. The van der Waals surface area contributed by atoms with E-state index in [1.54, 1.807) is 0 Å². The molecule has 1 aromatic rings. The van der Waals surface area contributed by atoms with Gasteiger partial charge in [-0.05, 0) is 37.5 Å². The van der Waals surface area contributed by atoms with Crippen LogP contribution < -0.4 is 18.1 Å². The van der Waals surface area contributed by atoms with Crippen molar-refractivity contribution in [1.29, 1.82) is 0 Å². The van der Waals surface area contributed by atoms with Gasteiger partial charge in [-0.25, -0.2) is 0 Å². The molecule has 0 saturated heterocycles. The summed E-state index contributed by atoms with van der Waals surface area (Å²) in [6.07, 6.45) is -0.445. The molecule has 0 bridgehead atoms. The molecule has 2 atom stereocenters. The number of benzene rings is 1. The van der Waals surface area contributed by atoms with Gasteiger partial charge in [0.1, 0.15) is 12.1 Å². The molecule has 0 fully saturated rings. The first-order chi connectivity index (χ1) is 6.02. The van der Waals surface area contributed by atoms with Crippen molar-refractivity contribution in [2.45, 2.75) is 32.9 Å². The Morgan fingerprint density at radius 1 is 1.21 bits per heavy atom. The Labute approximate surface area is 91.5 Å². The second kappa shape index (κ2) is 5.35. The highest BCUT2D eigenvalue weighted by Crippen LogP contribution is 2.18. The van der Waals surface area contributed by atoms with Gasteiger partial charge in [0.2, 0.25) is 0 Å². The number of aliphatic hydroxyl groups is 1. The average Bonchev–Trinajstić information content (AvgIpc) is 2.08. The largest absolute Gasteiger partial charge is 1.00 e. The zero-order valence-electron chi connectivity index (χ0n) is 8.92. The maximum absolute atomic E-state index is 9.75. The zero-order valence-corrected chi connectivity index (χ0v) is 9.67. The molecule has 80 valence electrons. The van der Waals surface area contributed by atoms with E-state index in [0.717, 1.165) is 5.56 Å². The molecule has 0 heterocycles. The quantitative estimate of drug-likeness (QED) is 0.588. The summed E-state index contributed by atoms with van der Waals surface area (Å²) < 4.78 is 0. The van der Waals surface area contributed by atoms with Crippen LogP contribution in [0.4, 0.5) is 0 Å². The van der Waals surface area contributed by atoms with Crippen molar-refractivity contribution in [2.75, 3.05) is 0 Å². The fourth-order valence-electron chi connectivity index (χ4n) is 1.28. The number of halogens is 1. The number of aliphatic hydroxyl groups excluding tert-OH is 1. The van der Waals surface area contributed by atoms with Crippen molar-refractivity contribution >= 4 is 0 Å². The number of rotatable bonds is 2. The first-order valence-corrected chi connectivity index (χ1v) is 4.60. The third kappa shape index (κ3) is 2.98. The van der Waals surface area contributed by atoms with Crippen LogP contribution in [0.5, 0.6) is 0 Å². The van der Waals surface area contributed by atoms with E-state index in [-0.39, 0.29) is 18.4 Å². The van der Waals surface area contributed by atoms with Gasteiger partial charge in [-0.3, -0.25) is 0 Å². The molecule has 0 saturated carbocycles. The minimum absolute atomic E-state index is 0. The fourth-order valence-corrected chi connectivity index (χ4v) is 1.28. The maximum atomic E-state index is 9.75. The van der Waals surface area contributed by atoms with Gasteiger partial charge in [0.05, 0.1) is 0 Å². The maximum Gasteiger partial charge on any atom is 0.130 e. The lowest BCUT2D eigenvalue weighted by molar-refractivity contribution is -0.433. The summed E-state index contributed by atoms with van der Waals surface area (Å²) in [5.41, 5.74) is 7.26. The topological polar surface area (TPSA) is 47.9 Å². The minimum atomic E-state index is -0.445. The van der Waals surface area contributed by atoms with Gasteiger partial charge in [0.25, 0.3) is 0 Å². The molecule has 0 aromatic heterocycles. The van der Waals surface area contributed by atoms with Crippen molar-refractivity contribution < 1.29 is 23.2 Å². The SMILES string of the molecule is Cc1ccc(C(O)C(C)[NH3+])cc1C.[Cl-]. The zero-order chi connectivity index (χ0) is 10.0. The lowest BCUT2D eigenvalue weighted by atomic mass is 9.99.